The number of hydrogen-bond acceptors (Lipinski definition) is 2. The maximum absolute atomic E-state index is 12.2. The molecule has 0 aromatic heterocycles. The van der Waals surface area contributed by atoms with E-state index in [4.69, 9.17) is 5.26 Å². The SMILES string of the molecule is CC(CCCC#N)(C(=O)CBr)c1cccc(I)c1. The molecule has 0 heterocycles. The minimum atomic E-state index is -0.498. The molecule has 0 radical (unpaired) electrons. The predicted octanol–water partition coefficient (Wildman–Crippen LogP) is 4.21. The largest absolute Gasteiger partial charge is 0.298 e. The Morgan fingerprint density at radius 3 is 2.83 bits per heavy atom. The van der Waals surface area contributed by atoms with E-state index in [2.05, 4.69) is 44.6 Å². The van der Waals surface area contributed by atoms with Crippen LogP contribution < -0.4 is 0 Å². The first-order chi connectivity index (χ1) is 8.54. The van der Waals surface area contributed by atoms with E-state index in [0.717, 1.165) is 15.6 Å². The Morgan fingerprint density at radius 1 is 1.56 bits per heavy atom. The molecule has 4 heteroatoms. The van der Waals surface area contributed by atoms with Crippen LogP contribution >= 0.6 is 38.5 Å². The van der Waals surface area contributed by atoms with E-state index >= 15 is 0 Å². The third kappa shape index (κ3) is 3.79. The molecule has 96 valence electrons. The van der Waals surface area contributed by atoms with Crippen LogP contribution in [0.4, 0.5) is 0 Å². The highest BCUT2D eigenvalue weighted by Crippen LogP contribution is 2.32. The number of ketones is 1. The van der Waals surface area contributed by atoms with Gasteiger partial charge in [-0.1, -0.05) is 28.1 Å². The van der Waals surface area contributed by atoms with Crippen LogP contribution in [0.3, 0.4) is 0 Å². The predicted molar refractivity (Wildman–Crippen MR) is 84.8 cm³/mol. The maximum Gasteiger partial charge on any atom is 0.153 e. The number of alkyl halides is 1. The van der Waals surface area contributed by atoms with Gasteiger partial charge in [0.05, 0.1) is 16.8 Å². The van der Waals surface area contributed by atoms with Gasteiger partial charge in [0.2, 0.25) is 0 Å². The second kappa shape index (κ2) is 7.25. The first-order valence-electron chi connectivity index (χ1n) is 5.77. The molecule has 0 aliphatic rings. The molecule has 0 amide bonds. The highest BCUT2D eigenvalue weighted by molar-refractivity contribution is 14.1. The van der Waals surface area contributed by atoms with E-state index in [-0.39, 0.29) is 5.78 Å². The fourth-order valence-corrected chi connectivity index (χ4v) is 3.11. The van der Waals surface area contributed by atoms with Crippen molar-refractivity contribution in [2.75, 3.05) is 5.33 Å². The Kier molecular flexibility index (Phi) is 6.30. The number of carbonyl (C=O) groups is 1. The summed E-state index contributed by atoms with van der Waals surface area (Å²) in [5.74, 6) is 0.169. The number of rotatable bonds is 6. The smallest absolute Gasteiger partial charge is 0.153 e. The average Bonchev–Trinajstić information content (AvgIpc) is 2.37. The lowest BCUT2D eigenvalue weighted by molar-refractivity contribution is -0.121. The molecule has 0 bridgehead atoms. The molecular formula is C14H15BrINO. The van der Waals surface area contributed by atoms with Crippen LogP contribution in [-0.2, 0) is 10.2 Å². The van der Waals surface area contributed by atoms with Crippen molar-refractivity contribution in [3.63, 3.8) is 0 Å². The number of nitriles is 1. The standard InChI is InChI=1S/C14H15BrINO/c1-14(13(18)10-15,7-2-3-8-17)11-5-4-6-12(16)9-11/h4-6,9H,2-3,7,10H2,1H3. The normalized spacial score (nSPS) is 13.7. The number of unbranched alkanes of at least 4 members (excludes halogenated alkanes) is 1. The second-order valence-electron chi connectivity index (χ2n) is 4.41. The van der Waals surface area contributed by atoms with E-state index in [1.54, 1.807) is 0 Å². The zero-order valence-electron chi connectivity index (χ0n) is 10.2. The molecule has 0 saturated heterocycles. The molecule has 1 unspecified atom stereocenters. The van der Waals surface area contributed by atoms with Gasteiger partial charge in [-0.15, -0.1) is 0 Å². The summed E-state index contributed by atoms with van der Waals surface area (Å²) in [4.78, 5) is 12.2. The first-order valence-corrected chi connectivity index (χ1v) is 7.97. The van der Waals surface area contributed by atoms with Crippen LogP contribution in [0.1, 0.15) is 31.7 Å². The minimum absolute atomic E-state index is 0.169. The van der Waals surface area contributed by atoms with Gasteiger partial charge in [0, 0.05) is 9.99 Å². The molecule has 1 aromatic carbocycles. The van der Waals surface area contributed by atoms with E-state index in [0.29, 0.717) is 18.2 Å². The summed E-state index contributed by atoms with van der Waals surface area (Å²) < 4.78 is 1.12. The molecule has 0 N–H and O–H groups in total. The third-order valence-corrected chi connectivity index (χ3v) is 4.34. The topological polar surface area (TPSA) is 40.9 Å². The van der Waals surface area contributed by atoms with Gasteiger partial charge >= 0.3 is 0 Å². The Labute approximate surface area is 130 Å². The zero-order valence-corrected chi connectivity index (χ0v) is 14.0. The van der Waals surface area contributed by atoms with E-state index in [1.807, 2.05) is 31.2 Å². The van der Waals surface area contributed by atoms with Gasteiger partial charge in [0.25, 0.3) is 0 Å². The lowest BCUT2D eigenvalue weighted by Crippen LogP contribution is -2.33. The number of Topliss-reactive ketones (excluding diaryl/α,β-unsaturated/α-hetero) is 1. The van der Waals surface area contributed by atoms with Crippen molar-refractivity contribution in [3.05, 3.63) is 33.4 Å². The summed E-state index contributed by atoms with van der Waals surface area (Å²) in [5, 5.41) is 8.98. The van der Waals surface area contributed by atoms with Gasteiger partial charge in [-0.05, 0) is 60.1 Å². The van der Waals surface area contributed by atoms with Crippen LogP contribution in [-0.4, -0.2) is 11.1 Å². The number of halogens is 2. The van der Waals surface area contributed by atoms with Gasteiger partial charge in [0.1, 0.15) is 0 Å². The molecule has 0 aliphatic carbocycles. The average molecular weight is 420 g/mol. The summed E-state index contributed by atoms with van der Waals surface area (Å²) in [6.07, 6.45) is 1.96. The lowest BCUT2D eigenvalue weighted by Gasteiger charge is -2.28. The van der Waals surface area contributed by atoms with Crippen LogP contribution in [0, 0.1) is 14.9 Å². The van der Waals surface area contributed by atoms with Crippen molar-refractivity contribution in [1.82, 2.24) is 0 Å². The van der Waals surface area contributed by atoms with Gasteiger partial charge < -0.3 is 0 Å². The van der Waals surface area contributed by atoms with Gasteiger partial charge in [0.15, 0.2) is 5.78 Å². The molecule has 0 saturated carbocycles. The highest BCUT2D eigenvalue weighted by atomic mass is 127. The molecular weight excluding hydrogens is 405 g/mol. The summed E-state index contributed by atoms with van der Waals surface area (Å²) in [5.41, 5.74) is 0.540. The minimum Gasteiger partial charge on any atom is -0.298 e. The Balaban J connectivity index is 3.04. The lowest BCUT2D eigenvalue weighted by atomic mass is 9.75. The van der Waals surface area contributed by atoms with E-state index in [9.17, 15) is 4.79 Å². The first kappa shape index (κ1) is 15.6. The van der Waals surface area contributed by atoms with Gasteiger partial charge in [-0.2, -0.15) is 5.26 Å². The van der Waals surface area contributed by atoms with Crippen molar-refractivity contribution < 1.29 is 4.79 Å². The van der Waals surface area contributed by atoms with E-state index in [1.165, 1.54) is 0 Å². The van der Waals surface area contributed by atoms with Gasteiger partial charge in [-0.25, -0.2) is 0 Å². The monoisotopic (exact) mass is 419 g/mol. The Morgan fingerprint density at radius 2 is 2.28 bits per heavy atom. The molecule has 0 fully saturated rings. The number of hydrogen-bond donors (Lipinski definition) is 0. The molecule has 18 heavy (non-hydrogen) atoms. The fraction of sp³-hybridized carbons (Fsp3) is 0.429. The van der Waals surface area contributed by atoms with Crippen molar-refractivity contribution in [3.8, 4) is 6.07 Å². The van der Waals surface area contributed by atoms with Crippen LogP contribution in [0.15, 0.2) is 24.3 Å². The molecule has 0 spiro atoms. The third-order valence-electron chi connectivity index (χ3n) is 3.16. The Hall–Kier alpha value is -0.410. The maximum atomic E-state index is 12.2. The highest BCUT2D eigenvalue weighted by Gasteiger charge is 2.33. The molecule has 1 aromatic rings. The molecule has 1 atom stereocenters. The van der Waals surface area contributed by atoms with Crippen LogP contribution in [0.25, 0.3) is 0 Å². The van der Waals surface area contributed by atoms with Crippen molar-refractivity contribution in [1.29, 1.82) is 5.26 Å². The summed E-state index contributed by atoms with van der Waals surface area (Å²) in [7, 11) is 0. The quantitative estimate of drug-likeness (QED) is 0.393. The number of benzene rings is 1. The fourth-order valence-electron chi connectivity index (χ4n) is 1.94. The second-order valence-corrected chi connectivity index (χ2v) is 6.22. The summed E-state index contributed by atoms with van der Waals surface area (Å²) >= 11 is 5.51. The Bertz CT molecular complexity index is 469. The number of nitrogens with zero attached hydrogens (tertiary/aromatic N) is 1. The van der Waals surface area contributed by atoms with E-state index < -0.39 is 5.41 Å². The van der Waals surface area contributed by atoms with Crippen molar-refractivity contribution in [2.45, 2.75) is 31.6 Å². The molecule has 2 nitrogen and oxygen atoms in total. The summed E-state index contributed by atoms with van der Waals surface area (Å²) in [6.45, 7) is 1.97. The molecule has 0 aliphatic heterocycles. The zero-order chi connectivity index (χ0) is 13.6. The summed E-state index contributed by atoms with van der Waals surface area (Å²) in [6, 6.07) is 10.2. The van der Waals surface area contributed by atoms with Crippen molar-refractivity contribution >= 4 is 44.3 Å². The van der Waals surface area contributed by atoms with Crippen LogP contribution in [0.5, 0.6) is 0 Å². The number of carbonyl (C=O) groups excluding carboxylic acids is 1. The van der Waals surface area contributed by atoms with Crippen LogP contribution in [0.2, 0.25) is 0 Å². The van der Waals surface area contributed by atoms with Crippen molar-refractivity contribution in [2.24, 2.45) is 0 Å². The molecule has 1 rings (SSSR count). The van der Waals surface area contributed by atoms with Gasteiger partial charge in [-0.3, -0.25) is 4.79 Å².